The maximum absolute atomic E-state index is 11.2. The van der Waals surface area contributed by atoms with Crippen LogP contribution in [-0.4, -0.2) is 172 Å². The van der Waals surface area contributed by atoms with Gasteiger partial charge in [-0.25, -0.2) is 0 Å². The van der Waals surface area contributed by atoms with E-state index < -0.39 is 123 Å². The summed E-state index contributed by atoms with van der Waals surface area (Å²) < 4.78 is 41.1. The van der Waals surface area contributed by atoms with Crippen molar-refractivity contribution in [2.45, 2.75) is 129 Å². The summed E-state index contributed by atoms with van der Waals surface area (Å²) in [5.41, 5.74) is 31.3. The summed E-state index contributed by atoms with van der Waals surface area (Å²) in [5, 5.41) is 74.4. The standard InChI is InChI=1S/C30H51N5O14/c31-7-14-20(38)22(40)17(34)28(44-14)48-26-15(8-36)45-30(24(26)42)49-27-19(37)12(32)6-13(33)25(27)47-29-18(35)23(41)21(39)16(46-29)10-43-9-11-4-2-1-3-5-11/h1-5,12-30,36-42H,6-10,31-35H2/t12-,13?,14?,15?,16?,17?,18?,19?,20-,21-,22?,23?,24?,25?,26?,27?,28-,29?,30?/m1/s1. The van der Waals surface area contributed by atoms with Crippen LogP contribution in [0.15, 0.2) is 30.3 Å². The van der Waals surface area contributed by atoms with Gasteiger partial charge in [-0.1, -0.05) is 30.3 Å². The van der Waals surface area contributed by atoms with Gasteiger partial charge in [-0.2, -0.15) is 0 Å². The van der Waals surface area contributed by atoms with E-state index in [4.69, 9.17) is 61.8 Å². The van der Waals surface area contributed by atoms with Gasteiger partial charge in [0, 0.05) is 18.6 Å². The number of rotatable bonds is 12. The van der Waals surface area contributed by atoms with Gasteiger partial charge in [0.25, 0.3) is 0 Å². The molecule has 0 bridgehead atoms. The fraction of sp³-hybridized carbons (Fsp3) is 0.800. The molecule has 3 aliphatic heterocycles. The van der Waals surface area contributed by atoms with Gasteiger partial charge in [-0.15, -0.1) is 0 Å². The average Bonchev–Trinajstić information content (AvgIpc) is 3.39. The van der Waals surface area contributed by atoms with Gasteiger partial charge < -0.3 is 97.6 Å². The molecular formula is C30H51N5O14. The molecule has 0 aromatic heterocycles. The molecule has 0 amide bonds. The molecule has 3 heterocycles. The van der Waals surface area contributed by atoms with Crippen molar-refractivity contribution in [2.24, 2.45) is 28.7 Å². The summed E-state index contributed by atoms with van der Waals surface area (Å²) in [5.74, 6) is 0. The Bertz CT molecular complexity index is 1170. The van der Waals surface area contributed by atoms with Gasteiger partial charge in [0.15, 0.2) is 18.9 Å². The van der Waals surface area contributed by atoms with Gasteiger partial charge in [-0.3, -0.25) is 0 Å². The van der Waals surface area contributed by atoms with Crippen molar-refractivity contribution in [3.8, 4) is 0 Å². The molecule has 17 N–H and O–H groups in total. The third-order valence-electron chi connectivity index (χ3n) is 9.53. The van der Waals surface area contributed by atoms with Crippen molar-refractivity contribution >= 4 is 0 Å². The molecule has 1 saturated carbocycles. The molecule has 0 radical (unpaired) electrons. The fourth-order valence-electron chi connectivity index (χ4n) is 6.55. The van der Waals surface area contributed by atoms with E-state index in [-0.39, 0.29) is 26.2 Å². The fourth-order valence-corrected chi connectivity index (χ4v) is 6.55. The highest BCUT2D eigenvalue weighted by molar-refractivity contribution is 5.13. The summed E-state index contributed by atoms with van der Waals surface area (Å²) in [4.78, 5) is 0. The minimum Gasteiger partial charge on any atom is -0.394 e. The first-order valence-electron chi connectivity index (χ1n) is 16.3. The van der Waals surface area contributed by atoms with E-state index in [2.05, 4.69) is 0 Å². The van der Waals surface area contributed by atoms with E-state index in [1.54, 1.807) is 0 Å². The molecule has 3 saturated heterocycles. The van der Waals surface area contributed by atoms with Gasteiger partial charge in [-0.05, 0) is 12.0 Å². The van der Waals surface area contributed by atoms with Crippen LogP contribution < -0.4 is 28.7 Å². The van der Waals surface area contributed by atoms with Crippen molar-refractivity contribution in [2.75, 3.05) is 19.8 Å². The smallest absolute Gasteiger partial charge is 0.187 e. The Kier molecular flexibility index (Phi) is 13.3. The predicted octanol–water partition coefficient (Wildman–Crippen LogP) is -6.64. The zero-order valence-electron chi connectivity index (χ0n) is 26.8. The molecule has 15 unspecified atom stereocenters. The van der Waals surface area contributed by atoms with Crippen LogP contribution in [0.3, 0.4) is 0 Å². The summed E-state index contributed by atoms with van der Waals surface area (Å²) in [6, 6.07) is 5.04. The number of ether oxygens (including phenoxy) is 7. The second kappa shape index (κ2) is 16.9. The van der Waals surface area contributed by atoms with Crippen LogP contribution in [0.4, 0.5) is 0 Å². The number of nitrogens with two attached hydrogens (primary N) is 5. The van der Waals surface area contributed by atoms with Crippen LogP contribution >= 0.6 is 0 Å². The minimum atomic E-state index is -1.62. The largest absolute Gasteiger partial charge is 0.394 e. The Morgan fingerprint density at radius 3 is 1.78 bits per heavy atom. The number of hydrogen-bond acceptors (Lipinski definition) is 19. The summed E-state index contributed by atoms with van der Waals surface area (Å²) in [6.45, 7) is -0.726. The highest BCUT2D eigenvalue weighted by Gasteiger charge is 2.54. The average molecular weight is 706 g/mol. The first kappa shape index (κ1) is 38.7. The molecule has 0 spiro atoms. The quantitative estimate of drug-likeness (QED) is 0.0961. The third kappa shape index (κ3) is 8.42. The Labute approximate surface area is 282 Å². The van der Waals surface area contributed by atoms with E-state index in [0.717, 1.165) is 5.56 Å². The predicted molar refractivity (Wildman–Crippen MR) is 165 cm³/mol. The summed E-state index contributed by atoms with van der Waals surface area (Å²) in [7, 11) is 0. The SMILES string of the molecule is NCC1O[C@H](OC2C(CO)OC(OC3C(OC4OC(COCc5ccccc5)[C@@H](O)C(O)C4N)C(N)C[C@@H](N)C3O)C2O)C(N)C(O)[C@@H]1O. The highest BCUT2D eigenvalue weighted by Crippen LogP contribution is 2.34. The Morgan fingerprint density at radius 1 is 0.612 bits per heavy atom. The van der Waals surface area contributed by atoms with Gasteiger partial charge >= 0.3 is 0 Å². The summed E-state index contributed by atoms with van der Waals surface area (Å²) >= 11 is 0. The van der Waals surface area contributed by atoms with Gasteiger partial charge in [0.1, 0.15) is 67.1 Å². The second-order valence-electron chi connectivity index (χ2n) is 13.0. The molecule has 19 nitrogen and oxygen atoms in total. The van der Waals surface area contributed by atoms with E-state index in [0.29, 0.717) is 0 Å². The van der Waals surface area contributed by atoms with Crippen LogP contribution in [0, 0.1) is 0 Å². The second-order valence-corrected chi connectivity index (χ2v) is 13.0. The Balaban J connectivity index is 1.27. The first-order valence-corrected chi connectivity index (χ1v) is 16.3. The molecule has 280 valence electrons. The van der Waals surface area contributed by atoms with Crippen molar-refractivity contribution < 1.29 is 68.9 Å². The van der Waals surface area contributed by atoms with Crippen molar-refractivity contribution in [3.63, 3.8) is 0 Å². The molecule has 1 aromatic carbocycles. The monoisotopic (exact) mass is 705 g/mol. The maximum atomic E-state index is 11.2. The third-order valence-corrected chi connectivity index (χ3v) is 9.53. The zero-order chi connectivity index (χ0) is 35.6. The topological polar surface area (TPSA) is 336 Å². The normalized spacial score (nSPS) is 47.7. The molecule has 4 fully saturated rings. The Morgan fingerprint density at radius 2 is 1.16 bits per heavy atom. The first-order chi connectivity index (χ1) is 23.4. The van der Waals surface area contributed by atoms with E-state index in [1.165, 1.54) is 0 Å². The molecular weight excluding hydrogens is 654 g/mol. The number of benzene rings is 1. The van der Waals surface area contributed by atoms with Crippen LogP contribution in [0.2, 0.25) is 0 Å². The zero-order valence-corrected chi connectivity index (χ0v) is 26.8. The lowest BCUT2D eigenvalue weighted by atomic mass is 9.84. The molecule has 19 atom stereocenters. The number of aliphatic hydroxyl groups excluding tert-OH is 7. The lowest BCUT2D eigenvalue weighted by molar-refractivity contribution is -0.312. The van der Waals surface area contributed by atoms with E-state index in [9.17, 15) is 35.7 Å². The van der Waals surface area contributed by atoms with Crippen molar-refractivity contribution in [1.29, 1.82) is 0 Å². The van der Waals surface area contributed by atoms with Gasteiger partial charge in [0.2, 0.25) is 0 Å². The van der Waals surface area contributed by atoms with E-state index >= 15 is 0 Å². The van der Waals surface area contributed by atoms with Crippen molar-refractivity contribution in [3.05, 3.63) is 35.9 Å². The minimum absolute atomic E-state index is 0.0783. The molecule has 5 rings (SSSR count). The van der Waals surface area contributed by atoms with Gasteiger partial charge in [0.05, 0.1) is 38.0 Å². The molecule has 49 heavy (non-hydrogen) atoms. The number of hydrogen-bond donors (Lipinski definition) is 12. The van der Waals surface area contributed by atoms with E-state index in [1.807, 2.05) is 30.3 Å². The molecule has 1 aliphatic carbocycles. The van der Waals surface area contributed by atoms with Crippen LogP contribution in [0.1, 0.15) is 12.0 Å². The molecule has 1 aromatic rings. The lowest BCUT2D eigenvalue weighted by Crippen LogP contribution is -2.68. The van der Waals surface area contributed by atoms with Crippen LogP contribution in [0.5, 0.6) is 0 Å². The highest BCUT2D eigenvalue weighted by atomic mass is 16.8. The van der Waals surface area contributed by atoms with Crippen LogP contribution in [0.25, 0.3) is 0 Å². The maximum Gasteiger partial charge on any atom is 0.187 e. The number of aliphatic hydroxyl groups is 7. The molecule has 19 heteroatoms. The lowest BCUT2D eigenvalue weighted by Gasteiger charge is -2.47. The molecule has 4 aliphatic rings. The van der Waals surface area contributed by atoms with Crippen LogP contribution in [-0.2, 0) is 39.8 Å². The summed E-state index contributed by atoms with van der Waals surface area (Å²) in [6.07, 6.45) is -20.1. The van der Waals surface area contributed by atoms with Crippen molar-refractivity contribution in [1.82, 2.24) is 0 Å². The Hall–Kier alpha value is -1.54.